The summed E-state index contributed by atoms with van der Waals surface area (Å²) in [7, 11) is 0. The monoisotopic (exact) mass is 461 g/mol. The number of nitrogens with one attached hydrogen (secondary N) is 3. The third-order valence-corrected chi connectivity index (χ3v) is 5.08. The molecule has 0 aliphatic rings. The van der Waals surface area contributed by atoms with Crippen LogP contribution < -0.4 is 10.8 Å². The second-order valence-electron chi connectivity index (χ2n) is 5.94. The molecule has 5 nitrogen and oxygen atoms in total. The number of aromatic amines is 1. The number of para-hydroxylation sites is 1. The molecule has 3 rings (SSSR count). The van der Waals surface area contributed by atoms with Crippen molar-refractivity contribution in [2.45, 2.75) is 13.0 Å². The number of fused-ring (bicyclic) bond motifs is 1. The highest BCUT2D eigenvalue weighted by molar-refractivity contribution is 14.1. The molecular weight excluding hydrogens is 441 g/mol. The van der Waals surface area contributed by atoms with Gasteiger partial charge in [-0.1, -0.05) is 42.5 Å². The smallest absolute Gasteiger partial charge is 0.267 e. The molecule has 0 atom stereocenters. The number of H-pyrrole nitrogens is 1. The van der Waals surface area contributed by atoms with E-state index in [1.165, 1.54) is 31.8 Å². The average molecular weight is 461 g/mol. The molecule has 0 saturated heterocycles. The maximum absolute atomic E-state index is 11.0. The van der Waals surface area contributed by atoms with Crippen molar-refractivity contribution in [1.29, 1.82) is 0 Å². The van der Waals surface area contributed by atoms with Crippen LogP contribution in [0.15, 0.2) is 54.6 Å². The Bertz CT molecular complexity index is 916. The SMILES string of the molecule is O=C(C=Cc1ccc(CNCCc2c(I)[nH]c3ccccc23)cc1)NO. The number of hydroxylamine groups is 1. The van der Waals surface area contributed by atoms with Crippen LogP contribution >= 0.6 is 22.6 Å². The molecule has 6 heteroatoms. The molecule has 1 heterocycles. The zero-order chi connectivity index (χ0) is 18.4. The number of hydrogen-bond acceptors (Lipinski definition) is 3. The van der Waals surface area contributed by atoms with Crippen molar-refractivity contribution in [1.82, 2.24) is 15.8 Å². The van der Waals surface area contributed by atoms with E-state index in [9.17, 15) is 4.79 Å². The Morgan fingerprint density at radius 2 is 1.92 bits per heavy atom. The summed E-state index contributed by atoms with van der Waals surface area (Å²) in [5, 5.41) is 13.2. The van der Waals surface area contributed by atoms with Gasteiger partial charge in [-0.05, 0) is 64.4 Å². The normalized spacial score (nSPS) is 11.3. The van der Waals surface area contributed by atoms with Crippen LogP contribution in [0.25, 0.3) is 17.0 Å². The van der Waals surface area contributed by atoms with Gasteiger partial charge in [0.05, 0.1) is 3.70 Å². The van der Waals surface area contributed by atoms with Gasteiger partial charge in [0.25, 0.3) is 5.91 Å². The van der Waals surface area contributed by atoms with Crippen LogP contribution in [0.5, 0.6) is 0 Å². The van der Waals surface area contributed by atoms with Crippen molar-refractivity contribution in [2.75, 3.05) is 6.54 Å². The first-order chi connectivity index (χ1) is 12.7. The lowest BCUT2D eigenvalue weighted by Gasteiger charge is -2.06. The topological polar surface area (TPSA) is 77.2 Å². The van der Waals surface area contributed by atoms with E-state index in [0.29, 0.717) is 0 Å². The summed E-state index contributed by atoms with van der Waals surface area (Å²) in [4.78, 5) is 14.4. The molecule has 0 spiro atoms. The summed E-state index contributed by atoms with van der Waals surface area (Å²) in [6, 6.07) is 16.3. The molecule has 0 unspecified atom stereocenters. The molecule has 0 fully saturated rings. The molecule has 0 bridgehead atoms. The number of amides is 1. The highest BCUT2D eigenvalue weighted by Gasteiger charge is 2.08. The largest absolute Gasteiger partial charge is 0.350 e. The Labute approximate surface area is 165 Å². The fraction of sp³-hybridized carbons (Fsp3) is 0.150. The maximum atomic E-state index is 11.0. The molecule has 0 aliphatic heterocycles. The number of benzene rings is 2. The van der Waals surface area contributed by atoms with E-state index >= 15 is 0 Å². The van der Waals surface area contributed by atoms with E-state index < -0.39 is 5.91 Å². The zero-order valence-electron chi connectivity index (χ0n) is 14.1. The first-order valence-electron chi connectivity index (χ1n) is 8.34. The second-order valence-corrected chi connectivity index (χ2v) is 7.02. The van der Waals surface area contributed by atoms with Crippen molar-refractivity contribution in [3.8, 4) is 0 Å². The van der Waals surface area contributed by atoms with Gasteiger partial charge in [0, 0.05) is 23.5 Å². The van der Waals surface area contributed by atoms with Gasteiger partial charge in [0.1, 0.15) is 0 Å². The van der Waals surface area contributed by atoms with Gasteiger partial charge in [-0.3, -0.25) is 10.0 Å². The Kier molecular flexibility index (Phi) is 6.43. The van der Waals surface area contributed by atoms with Crippen LogP contribution in [0.2, 0.25) is 0 Å². The van der Waals surface area contributed by atoms with Gasteiger partial charge in [-0.15, -0.1) is 0 Å². The van der Waals surface area contributed by atoms with Crippen LogP contribution in [0.1, 0.15) is 16.7 Å². The molecule has 4 N–H and O–H groups in total. The number of carbonyl (C=O) groups excluding carboxylic acids is 1. The van der Waals surface area contributed by atoms with E-state index in [1.54, 1.807) is 11.6 Å². The van der Waals surface area contributed by atoms with E-state index in [4.69, 9.17) is 5.21 Å². The number of halogens is 1. The number of carbonyl (C=O) groups is 1. The number of hydrogen-bond donors (Lipinski definition) is 4. The minimum atomic E-state index is -0.539. The molecule has 26 heavy (non-hydrogen) atoms. The van der Waals surface area contributed by atoms with Crippen molar-refractivity contribution in [3.63, 3.8) is 0 Å². The van der Waals surface area contributed by atoms with Gasteiger partial charge in [-0.25, -0.2) is 5.48 Å². The average Bonchev–Trinajstić information content (AvgIpc) is 2.99. The molecule has 3 aromatic rings. The van der Waals surface area contributed by atoms with E-state index in [-0.39, 0.29) is 0 Å². The summed E-state index contributed by atoms with van der Waals surface area (Å²) >= 11 is 2.36. The summed E-state index contributed by atoms with van der Waals surface area (Å²) in [5.41, 5.74) is 6.20. The highest BCUT2D eigenvalue weighted by Crippen LogP contribution is 2.23. The molecule has 2 aromatic carbocycles. The molecular formula is C20H20IN3O2. The molecule has 1 aromatic heterocycles. The minimum Gasteiger partial charge on any atom is -0.350 e. The third kappa shape index (κ3) is 4.72. The van der Waals surface area contributed by atoms with Crippen LogP contribution in [-0.4, -0.2) is 22.6 Å². The van der Waals surface area contributed by atoms with E-state index in [2.05, 4.69) is 51.1 Å². The Morgan fingerprint density at radius 3 is 2.69 bits per heavy atom. The molecule has 0 radical (unpaired) electrons. The van der Waals surface area contributed by atoms with Crippen molar-refractivity contribution in [2.24, 2.45) is 0 Å². The zero-order valence-corrected chi connectivity index (χ0v) is 16.3. The maximum Gasteiger partial charge on any atom is 0.267 e. The molecule has 0 saturated carbocycles. The fourth-order valence-corrected chi connectivity index (χ4v) is 3.66. The summed E-state index contributed by atoms with van der Waals surface area (Å²) < 4.78 is 1.20. The van der Waals surface area contributed by atoms with Gasteiger partial charge >= 0.3 is 0 Å². The van der Waals surface area contributed by atoms with Gasteiger partial charge in [0.15, 0.2) is 0 Å². The first-order valence-corrected chi connectivity index (χ1v) is 9.42. The minimum absolute atomic E-state index is 0.539. The highest BCUT2D eigenvalue weighted by atomic mass is 127. The van der Waals surface area contributed by atoms with Crippen LogP contribution in [-0.2, 0) is 17.8 Å². The van der Waals surface area contributed by atoms with Crippen molar-refractivity contribution >= 4 is 45.5 Å². The predicted molar refractivity (Wildman–Crippen MR) is 112 cm³/mol. The fourth-order valence-electron chi connectivity index (χ4n) is 2.81. The summed E-state index contributed by atoms with van der Waals surface area (Å²) in [5.74, 6) is -0.539. The van der Waals surface area contributed by atoms with Crippen LogP contribution in [0, 0.1) is 3.70 Å². The number of rotatable bonds is 7. The van der Waals surface area contributed by atoms with Crippen molar-refractivity contribution in [3.05, 3.63) is 75.0 Å². The Hall–Kier alpha value is -2.16. The van der Waals surface area contributed by atoms with E-state index in [0.717, 1.165) is 25.1 Å². The molecule has 134 valence electrons. The summed E-state index contributed by atoms with van der Waals surface area (Å²) in [6.45, 7) is 1.69. The molecule has 0 aliphatic carbocycles. The van der Waals surface area contributed by atoms with Gasteiger partial charge in [0.2, 0.25) is 0 Å². The first kappa shape index (κ1) is 18.6. The second kappa shape index (κ2) is 8.98. The molecule has 1 amide bonds. The Balaban J connectivity index is 1.51. The van der Waals surface area contributed by atoms with Gasteiger partial charge in [-0.2, -0.15) is 0 Å². The van der Waals surface area contributed by atoms with E-state index in [1.807, 2.05) is 30.3 Å². The standard InChI is InChI=1S/C20H20IN3O2/c21-20-17(16-3-1-2-4-18(16)23-20)11-12-22-13-15-7-5-14(6-8-15)9-10-19(25)24-26/h1-10,22-23,26H,11-13H2,(H,24,25). The van der Waals surface area contributed by atoms with Crippen molar-refractivity contribution < 1.29 is 10.0 Å². The quantitative estimate of drug-likeness (QED) is 0.143. The lowest BCUT2D eigenvalue weighted by Crippen LogP contribution is -2.16. The predicted octanol–water partition coefficient (Wildman–Crippen LogP) is 3.62. The number of aromatic nitrogens is 1. The lowest BCUT2D eigenvalue weighted by atomic mass is 10.1. The Morgan fingerprint density at radius 1 is 1.15 bits per heavy atom. The third-order valence-electron chi connectivity index (χ3n) is 4.16. The summed E-state index contributed by atoms with van der Waals surface area (Å²) in [6.07, 6.45) is 3.91. The van der Waals surface area contributed by atoms with Crippen LogP contribution in [0.4, 0.5) is 0 Å². The lowest BCUT2D eigenvalue weighted by molar-refractivity contribution is -0.124. The van der Waals surface area contributed by atoms with Gasteiger partial charge < -0.3 is 10.3 Å². The van der Waals surface area contributed by atoms with Crippen LogP contribution in [0.3, 0.4) is 0 Å².